The van der Waals surface area contributed by atoms with Crippen LogP contribution >= 0.6 is 0 Å². The highest BCUT2D eigenvalue weighted by Gasteiger charge is 2.22. The molecule has 0 spiro atoms. The lowest BCUT2D eigenvalue weighted by atomic mass is 10.1. The largest absolute Gasteiger partial charge is 0.476 e. The molecule has 122 valence electrons. The first-order chi connectivity index (χ1) is 11.5. The second-order valence-corrected chi connectivity index (χ2v) is 5.25. The van der Waals surface area contributed by atoms with Gasteiger partial charge in [0.2, 0.25) is 12.5 Å². The van der Waals surface area contributed by atoms with Crippen LogP contribution in [-0.4, -0.2) is 32.9 Å². The Morgan fingerprint density at radius 3 is 3.00 bits per heavy atom. The molecule has 0 unspecified atom stereocenters. The van der Waals surface area contributed by atoms with Gasteiger partial charge in [-0.25, -0.2) is 14.3 Å². The van der Waals surface area contributed by atoms with Gasteiger partial charge in [-0.2, -0.15) is 0 Å². The topological polar surface area (TPSA) is 117 Å². The molecule has 0 atom stereocenters. The van der Waals surface area contributed by atoms with Crippen molar-refractivity contribution in [3.8, 4) is 11.5 Å². The molecule has 0 fully saturated rings. The van der Waals surface area contributed by atoms with E-state index in [1.807, 2.05) is 0 Å². The molecule has 1 aliphatic rings. The molecule has 1 aliphatic heterocycles. The Kier molecular flexibility index (Phi) is 3.02. The Hall–Kier alpha value is -3.36. The fourth-order valence-electron chi connectivity index (χ4n) is 2.72. The quantitative estimate of drug-likeness (QED) is 0.712. The number of carboxylic acid groups (broad SMARTS) is 1. The van der Waals surface area contributed by atoms with Crippen LogP contribution in [0.25, 0.3) is 11.0 Å². The van der Waals surface area contributed by atoms with Crippen LogP contribution in [0, 0.1) is 6.92 Å². The summed E-state index contributed by atoms with van der Waals surface area (Å²) in [6, 6.07) is 4.73. The summed E-state index contributed by atoms with van der Waals surface area (Å²) in [5, 5.41) is 17.5. The Balaban J connectivity index is 1.89. The van der Waals surface area contributed by atoms with Crippen LogP contribution in [0.4, 0.5) is 0 Å². The molecule has 2 aromatic heterocycles. The number of carboxylic acids is 1. The molecule has 3 heterocycles. The Labute approximate surface area is 134 Å². The molecule has 3 aromatic rings. The van der Waals surface area contributed by atoms with Gasteiger partial charge in [-0.3, -0.25) is 0 Å². The van der Waals surface area contributed by atoms with E-state index in [9.17, 15) is 14.7 Å². The van der Waals surface area contributed by atoms with E-state index in [4.69, 9.17) is 13.9 Å². The molecule has 0 radical (unpaired) electrons. The molecular formula is C15H11N3O6. The second kappa shape index (κ2) is 5.08. The van der Waals surface area contributed by atoms with Crippen molar-refractivity contribution in [2.45, 2.75) is 13.5 Å². The number of aromatic carboxylic acids is 1. The minimum absolute atomic E-state index is 0.0304. The predicted octanol–water partition coefficient (Wildman–Crippen LogP) is 1.17. The van der Waals surface area contributed by atoms with Crippen LogP contribution in [0.3, 0.4) is 0 Å². The van der Waals surface area contributed by atoms with Crippen LogP contribution in [0.15, 0.2) is 27.4 Å². The van der Waals surface area contributed by atoms with Gasteiger partial charge in [-0.1, -0.05) is 5.21 Å². The number of ether oxygens (including phenoxy) is 2. The third-order valence-electron chi connectivity index (χ3n) is 3.76. The lowest BCUT2D eigenvalue weighted by molar-refractivity contribution is 0.0683. The lowest BCUT2D eigenvalue weighted by Crippen LogP contribution is -2.13. The maximum atomic E-state index is 11.9. The average molecular weight is 329 g/mol. The van der Waals surface area contributed by atoms with E-state index >= 15 is 0 Å². The highest BCUT2D eigenvalue weighted by Crippen LogP contribution is 2.39. The summed E-state index contributed by atoms with van der Waals surface area (Å²) >= 11 is 0. The van der Waals surface area contributed by atoms with Crippen molar-refractivity contribution in [1.29, 1.82) is 0 Å². The number of benzene rings is 1. The van der Waals surface area contributed by atoms with Gasteiger partial charge in [-0.15, -0.1) is 5.10 Å². The van der Waals surface area contributed by atoms with Gasteiger partial charge in [0, 0.05) is 11.5 Å². The van der Waals surface area contributed by atoms with E-state index in [2.05, 4.69) is 10.3 Å². The summed E-state index contributed by atoms with van der Waals surface area (Å²) in [7, 11) is 0. The smallest absolute Gasteiger partial charge is 0.356 e. The van der Waals surface area contributed by atoms with E-state index in [1.165, 1.54) is 10.7 Å². The molecule has 9 nitrogen and oxygen atoms in total. The molecular weight excluding hydrogens is 318 g/mol. The highest BCUT2D eigenvalue weighted by molar-refractivity contribution is 5.89. The minimum atomic E-state index is -1.14. The van der Waals surface area contributed by atoms with E-state index < -0.39 is 11.6 Å². The summed E-state index contributed by atoms with van der Waals surface area (Å²) in [6.07, 6.45) is 0. The van der Waals surface area contributed by atoms with Crippen LogP contribution in [0.5, 0.6) is 11.5 Å². The third-order valence-corrected chi connectivity index (χ3v) is 3.76. The first-order valence-corrected chi connectivity index (χ1v) is 7.03. The maximum absolute atomic E-state index is 11.9. The fraction of sp³-hybridized carbons (Fsp3) is 0.200. The second-order valence-electron chi connectivity index (χ2n) is 5.25. The van der Waals surface area contributed by atoms with E-state index in [0.717, 1.165) is 0 Å². The summed E-state index contributed by atoms with van der Waals surface area (Å²) in [5.41, 5.74) is 0.507. The average Bonchev–Trinajstić information content (AvgIpc) is 3.13. The molecule has 0 bridgehead atoms. The number of carbonyl (C=O) groups is 1. The standard InChI is InChI=1S/C15H11N3O6/c1-7-12(15(20)21)18(17-16-7)5-8-4-11(19)24-13-9(8)2-3-10-14(13)23-6-22-10/h2-4H,5-6H2,1H3,(H,20,21). The molecule has 0 saturated heterocycles. The van der Waals surface area contributed by atoms with E-state index in [1.54, 1.807) is 19.1 Å². The molecule has 1 N–H and O–H groups in total. The van der Waals surface area contributed by atoms with E-state index in [0.29, 0.717) is 28.1 Å². The summed E-state index contributed by atoms with van der Waals surface area (Å²) in [4.78, 5) is 23.3. The minimum Gasteiger partial charge on any atom is -0.476 e. The van der Waals surface area contributed by atoms with Crippen LogP contribution in [0.1, 0.15) is 21.7 Å². The summed E-state index contributed by atoms with van der Waals surface area (Å²) in [6.45, 7) is 1.67. The maximum Gasteiger partial charge on any atom is 0.356 e. The Morgan fingerprint density at radius 2 is 2.21 bits per heavy atom. The van der Waals surface area contributed by atoms with Crippen molar-refractivity contribution >= 4 is 16.9 Å². The highest BCUT2D eigenvalue weighted by atomic mass is 16.7. The monoisotopic (exact) mass is 329 g/mol. The molecule has 9 heteroatoms. The van der Waals surface area contributed by atoms with Gasteiger partial charge in [0.15, 0.2) is 17.0 Å². The molecule has 24 heavy (non-hydrogen) atoms. The first-order valence-electron chi connectivity index (χ1n) is 7.03. The van der Waals surface area contributed by atoms with Crippen molar-refractivity contribution in [3.63, 3.8) is 0 Å². The van der Waals surface area contributed by atoms with Gasteiger partial charge in [0.05, 0.1) is 12.2 Å². The Bertz CT molecular complexity index is 1040. The number of hydrogen-bond donors (Lipinski definition) is 1. The van der Waals surface area contributed by atoms with Crippen molar-refractivity contribution in [1.82, 2.24) is 15.0 Å². The summed E-state index contributed by atoms with van der Waals surface area (Å²) in [5.74, 6) is -0.285. The van der Waals surface area contributed by atoms with E-state index in [-0.39, 0.29) is 24.6 Å². The van der Waals surface area contributed by atoms with Crippen LogP contribution < -0.4 is 15.1 Å². The molecule has 0 saturated carbocycles. The number of aryl methyl sites for hydroxylation is 1. The van der Waals surface area contributed by atoms with Gasteiger partial charge in [0.25, 0.3) is 0 Å². The van der Waals surface area contributed by atoms with Crippen LogP contribution in [-0.2, 0) is 6.54 Å². The zero-order valence-corrected chi connectivity index (χ0v) is 12.5. The number of nitrogens with zero attached hydrogens (tertiary/aromatic N) is 3. The summed E-state index contributed by atoms with van der Waals surface area (Å²) < 4.78 is 17.1. The van der Waals surface area contributed by atoms with Gasteiger partial charge >= 0.3 is 11.6 Å². The Morgan fingerprint density at radius 1 is 1.38 bits per heavy atom. The molecule has 0 aliphatic carbocycles. The number of rotatable bonds is 3. The zero-order chi connectivity index (χ0) is 16.8. The number of fused-ring (bicyclic) bond motifs is 3. The zero-order valence-electron chi connectivity index (χ0n) is 12.5. The van der Waals surface area contributed by atoms with Crippen LogP contribution in [0.2, 0.25) is 0 Å². The van der Waals surface area contributed by atoms with Crippen molar-refractivity contribution < 1.29 is 23.8 Å². The predicted molar refractivity (Wildman–Crippen MR) is 79.4 cm³/mol. The molecule has 0 amide bonds. The van der Waals surface area contributed by atoms with Gasteiger partial charge in [0.1, 0.15) is 0 Å². The molecule has 1 aromatic carbocycles. The molecule has 4 rings (SSSR count). The first kappa shape index (κ1) is 14.2. The van der Waals surface area contributed by atoms with Gasteiger partial charge < -0.3 is 19.0 Å². The fourth-order valence-corrected chi connectivity index (χ4v) is 2.72. The van der Waals surface area contributed by atoms with Crippen molar-refractivity contribution in [2.24, 2.45) is 0 Å². The van der Waals surface area contributed by atoms with Gasteiger partial charge in [-0.05, 0) is 24.6 Å². The van der Waals surface area contributed by atoms with Crippen molar-refractivity contribution in [2.75, 3.05) is 6.79 Å². The number of aromatic nitrogens is 3. The number of hydrogen-bond acceptors (Lipinski definition) is 7. The van der Waals surface area contributed by atoms with Crippen molar-refractivity contribution in [3.05, 3.63) is 45.6 Å². The third kappa shape index (κ3) is 2.09. The lowest BCUT2D eigenvalue weighted by Gasteiger charge is -2.08. The SMILES string of the molecule is Cc1nnn(Cc2cc(=O)oc3c4c(ccc23)OCO4)c1C(=O)O. The normalized spacial score (nSPS) is 12.7.